The summed E-state index contributed by atoms with van der Waals surface area (Å²) in [5.41, 5.74) is 0. The maximum Gasteiger partial charge on any atom is 0.307 e. The number of nitrogens with one attached hydrogen (secondary N) is 1. The van der Waals surface area contributed by atoms with Crippen LogP contribution >= 0.6 is 23.5 Å². The van der Waals surface area contributed by atoms with E-state index in [1.165, 1.54) is 5.75 Å². The Bertz CT molecular complexity index is 434. The van der Waals surface area contributed by atoms with Crippen LogP contribution in [0.1, 0.15) is 6.42 Å². The van der Waals surface area contributed by atoms with Gasteiger partial charge in [0.05, 0.1) is 11.8 Å². The number of aliphatic carboxylic acids is 1. The molecule has 2 aliphatic carbocycles. The highest BCUT2D eigenvalue weighted by Crippen LogP contribution is 2.48. The molecule has 3 aliphatic rings. The summed E-state index contributed by atoms with van der Waals surface area (Å²) in [6, 6.07) is 0. The molecule has 0 aromatic carbocycles. The van der Waals surface area contributed by atoms with Gasteiger partial charge in [-0.3, -0.25) is 9.59 Å². The molecule has 3 rings (SSSR count). The molecule has 0 spiro atoms. The molecule has 5 atom stereocenters. The van der Waals surface area contributed by atoms with Crippen LogP contribution in [0.5, 0.6) is 0 Å². The van der Waals surface area contributed by atoms with Gasteiger partial charge in [0.25, 0.3) is 0 Å². The van der Waals surface area contributed by atoms with Crippen molar-refractivity contribution in [3.05, 3.63) is 12.2 Å². The standard InChI is InChI=1S/C14H19NO3S2/c16-13(15-6-10-7-19-3-4-20-10)11-8-1-2-9(5-8)12(11)14(17)18/h1-2,8-12H,3-7H2,(H,15,16)(H,17,18)/t8?,9?,10?,11-,12+/m0/s1. The Morgan fingerprint density at radius 3 is 2.60 bits per heavy atom. The van der Waals surface area contributed by atoms with Crippen molar-refractivity contribution in [1.82, 2.24) is 5.32 Å². The zero-order valence-electron chi connectivity index (χ0n) is 11.2. The first-order chi connectivity index (χ1) is 9.66. The molecule has 4 nitrogen and oxygen atoms in total. The Morgan fingerprint density at radius 1 is 1.20 bits per heavy atom. The van der Waals surface area contributed by atoms with E-state index < -0.39 is 11.9 Å². The normalized spacial score (nSPS) is 38.9. The average molecular weight is 313 g/mol. The molecule has 1 aliphatic heterocycles. The number of thioether (sulfide) groups is 2. The summed E-state index contributed by atoms with van der Waals surface area (Å²) in [5.74, 6) is 1.77. The van der Waals surface area contributed by atoms with Crippen molar-refractivity contribution >= 4 is 35.4 Å². The Morgan fingerprint density at radius 2 is 1.95 bits per heavy atom. The monoisotopic (exact) mass is 313 g/mol. The molecule has 20 heavy (non-hydrogen) atoms. The summed E-state index contributed by atoms with van der Waals surface area (Å²) in [4.78, 5) is 23.8. The highest BCUT2D eigenvalue weighted by atomic mass is 32.2. The number of hydrogen-bond acceptors (Lipinski definition) is 4. The fourth-order valence-electron chi connectivity index (χ4n) is 3.50. The van der Waals surface area contributed by atoms with Crippen LogP contribution in [0, 0.1) is 23.7 Å². The SMILES string of the molecule is O=C(O)[C@@H]1C2C=CC(C2)[C@@H]1C(=O)NCC1CSCCS1. The van der Waals surface area contributed by atoms with Crippen molar-refractivity contribution in [3.63, 3.8) is 0 Å². The minimum Gasteiger partial charge on any atom is -0.481 e. The number of carbonyl (C=O) groups excluding carboxylic acids is 1. The van der Waals surface area contributed by atoms with Gasteiger partial charge in [-0.15, -0.1) is 0 Å². The molecule has 1 heterocycles. The summed E-state index contributed by atoms with van der Waals surface area (Å²) in [6.45, 7) is 0.667. The van der Waals surface area contributed by atoms with Gasteiger partial charge in [-0.05, 0) is 18.3 Å². The molecule has 6 heteroatoms. The number of amides is 1. The number of allylic oxidation sites excluding steroid dienone is 2. The van der Waals surface area contributed by atoms with Crippen molar-refractivity contribution < 1.29 is 14.7 Å². The molecule has 1 saturated carbocycles. The Hall–Kier alpha value is -0.620. The third kappa shape index (κ3) is 2.72. The molecular weight excluding hydrogens is 294 g/mol. The van der Waals surface area contributed by atoms with E-state index in [1.807, 2.05) is 35.7 Å². The predicted molar refractivity (Wildman–Crippen MR) is 81.9 cm³/mol. The fraction of sp³-hybridized carbons (Fsp3) is 0.714. The van der Waals surface area contributed by atoms with Gasteiger partial charge in [0.15, 0.2) is 0 Å². The Kier molecular flexibility index (Phi) is 4.31. The van der Waals surface area contributed by atoms with E-state index in [-0.39, 0.29) is 23.7 Å². The first-order valence-corrected chi connectivity index (χ1v) is 9.25. The molecule has 0 aromatic rings. The van der Waals surface area contributed by atoms with Crippen LogP contribution in [0.3, 0.4) is 0 Å². The number of carboxylic acids is 1. The van der Waals surface area contributed by atoms with Crippen LogP contribution in [-0.4, -0.2) is 46.0 Å². The van der Waals surface area contributed by atoms with Crippen LogP contribution in [0.2, 0.25) is 0 Å². The van der Waals surface area contributed by atoms with Crippen molar-refractivity contribution in [2.24, 2.45) is 23.7 Å². The smallest absolute Gasteiger partial charge is 0.307 e. The van der Waals surface area contributed by atoms with E-state index in [0.29, 0.717) is 11.8 Å². The number of carboxylic acid groups (broad SMARTS) is 1. The van der Waals surface area contributed by atoms with Crippen molar-refractivity contribution in [2.75, 3.05) is 23.8 Å². The van der Waals surface area contributed by atoms with Crippen molar-refractivity contribution in [1.29, 1.82) is 0 Å². The second kappa shape index (κ2) is 6.02. The van der Waals surface area contributed by atoms with Crippen LogP contribution in [0.15, 0.2) is 12.2 Å². The number of rotatable bonds is 4. The molecule has 2 bridgehead atoms. The molecular formula is C14H19NO3S2. The summed E-state index contributed by atoms with van der Waals surface area (Å²) >= 11 is 3.83. The number of carbonyl (C=O) groups is 2. The molecule has 1 amide bonds. The molecule has 110 valence electrons. The lowest BCUT2D eigenvalue weighted by Gasteiger charge is -2.26. The highest BCUT2D eigenvalue weighted by molar-refractivity contribution is 8.06. The zero-order valence-corrected chi connectivity index (χ0v) is 12.8. The first-order valence-electron chi connectivity index (χ1n) is 7.05. The summed E-state index contributed by atoms with van der Waals surface area (Å²) < 4.78 is 0. The van der Waals surface area contributed by atoms with Gasteiger partial charge >= 0.3 is 5.97 Å². The fourth-order valence-corrected chi connectivity index (χ4v) is 6.11. The third-order valence-corrected chi connectivity index (χ3v) is 7.28. The van der Waals surface area contributed by atoms with Crippen molar-refractivity contribution in [2.45, 2.75) is 11.7 Å². The molecule has 3 unspecified atom stereocenters. The summed E-state index contributed by atoms with van der Waals surface area (Å²) in [7, 11) is 0. The van der Waals surface area contributed by atoms with Gasteiger partial charge in [-0.2, -0.15) is 23.5 Å². The van der Waals surface area contributed by atoms with Crippen LogP contribution < -0.4 is 5.32 Å². The van der Waals surface area contributed by atoms with Crippen LogP contribution in [0.25, 0.3) is 0 Å². The lowest BCUT2D eigenvalue weighted by atomic mass is 9.82. The quantitative estimate of drug-likeness (QED) is 0.770. The maximum atomic E-state index is 12.4. The van der Waals surface area contributed by atoms with Gasteiger partial charge in [0.1, 0.15) is 0 Å². The second-order valence-corrected chi connectivity index (χ2v) is 8.21. The van der Waals surface area contributed by atoms with Gasteiger partial charge in [0, 0.05) is 29.1 Å². The molecule has 2 N–H and O–H groups in total. The second-order valence-electron chi connectivity index (χ2n) is 5.65. The minimum absolute atomic E-state index is 0.0489. The maximum absolute atomic E-state index is 12.4. The van der Waals surface area contributed by atoms with E-state index in [9.17, 15) is 14.7 Å². The number of hydrogen-bond donors (Lipinski definition) is 2. The Labute approximate surface area is 127 Å². The predicted octanol–water partition coefficient (Wildman–Crippen LogP) is 1.47. The summed E-state index contributed by atoms with van der Waals surface area (Å²) in [6.07, 6.45) is 4.82. The van der Waals surface area contributed by atoms with Crippen molar-refractivity contribution in [3.8, 4) is 0 Å². The Balaban J connectivity index is 1.58. The average Bonchev–Trinajstić information content (AvgIpc) is 3.06. The van der Waals surface area contributed by atoms with E-state index >= 15 is 0 Å². The van der Waals surface area contributed by atoms with Gasteiger partial charge < -0.3 is 10.4 Å². The van der Waals surface area contributed by atoms with E-state index in [1.54, 1.807) is 0 Å². The molecule has 0 aromatic heterocycles. The van der Waals surface area contributed by atoms with Gasteiger partial charge in [0.2, 0.25) is 5.91 Å². The summed E-state index contributed by atoms with van der Waals surface area (Å²) in [5, 5.41) is 12.8. The molecule has 1 saturated heterocycles. The lowest BCUT2D eigenvalue weighted by molar-refractivity contribution is -0.147. The lowest BCUT2D eigenvalue weighted by Crippen LogP contribution is -2.43. The molecule has 2 fully saturated rings. The third-order valence-electron chi connectivity index (χ3n) is 4.44. The minimum atomic E-state index is -0.829. The highest BCUT2D eigenvalue weighted by Gasteiger charge is 2.51. The van der Waals surface area contributed by atoms with E-state index in [4.69, 9.17) is 0 Å². The van der Waals surface area contributed by atoms with Gasteiger partial charge in [-0.1, -0.05) is 12.2 Å². The van der Waals surface area contributed by atoms with Crippen LogP contribution in [0.4, 0.5) is 0 Å². The number of fused-ring (bicyclic) bond motifs is 2. The zero-order chi connectivity index (χ0) is 14.1. The van der Waals surface area contributed by atoms with E-state index in [2.05, 4.69) is 5.32 Å². The van der Waals surface area contributed by atoms with E-state index in [0.717, 1.165) is 17.9 Å². The molecule has 0 radical (unpaired) electrons. The van der Waals surface area contributed by atoms with Crippen LogP contribution in [-0.2, 0) is 9.59 Å². The first kappa shape index (κ1) is 14.3. The topological polar surface area (TPSA) is 66.4 Å². The van der Waals surface area contributed by atoms with Gasteiger partial charge in [-0.25, -0.2) is 0 Å². The largest absolute Gasteiger partial charge is 0.481 e.